The molecule has 2 aliphatic carbocycles. The average molecular weight is 348 g/mol. The van der Waals surface area contributed by atoms with Gasteiger partial charge in [0, 0.05) is 9.85 Å². The number of aromatic nitrogens is 1. The van der Waals surface area contributed by atoms with Crippen molar-refractivity contribution >= 4 is 39.5 Å². The molecular weight excluding hydrogens is 338 g/mol. The van der Waals surface area contributed by atoms with Crippen LogP contribution in [0.4, 0.5) is 0 Å². The van der Waals surface area contributed by atoms with Crippen molar-refractivity contribution in [1.29, 1.82) is 0 Å². The van der Waals surface area contributed by atoms with E-state index in [1.165, 1.54) is 20.5 Å². The first kappa shape index (κ1) is 12.8. The highest BCUT2D eigenvalue weighted by molar-refractivity contribution is 9.10. The Balaban J connectivity index is 0.000000132. The summed E-state index contributed by atoms with van der Waals surface area (Å²) in [7, 11) is 0. The summed E-state index contributed by atoms with van der Waals surface area (Å²) in [5, 5.41) is 4.82. The van der Waals surface area contributed by atoms with E-state index in [1.54, 1.807) is 11.3 Å². The molecule has 0 fully saturated rings. The maximum absolute atomic E-state index is 5.00. The molecule has 1 aromatic heterocycles. The van der Waals surface area contributed by atoms with Gasteiger partial charge in [-0.1, -0.05) is 58.4 Å². The first-order valence-electron chi connectivity index (χ1n) is 5.77. The van der Waals surface area contributed by atoms with Crippen LogP contribution in [0.15, 0.2) is 58.4 Å². The van der Waals surface area contributed by atoms with Gasteiger partial charge >= 0.3 is 0 Å². The standard InChI is InChI=1S/C9H7NS2.C6H3Br/c11-9-10-8(6-12-9)7-4-2-1-3-5-7;7-6-3-4-1-2-5(4)6/h1-6H,(H,10,11);1-3H. The zero-order valence-corrected chi connectivity index (χ0v) is 13.1. The normalized spacial score (nSPS) is 10.6. The minimum Gasteiger partial charge on any atom is -0.337 e. The Morgan fingerprint density at radius 3 is 2.21 bits per heavy atom. The van der Waals surface area contributed by atoms with Crippen LogP contribution in [-0.4, -0.2) is 4.98 Å². The lowest BCUT2D eigenvalue weighted by Crippen LogP contribution is -1.85. The van der Waals surface area contributed by atoms with Gasteiger partial charge in [0.25, 0.3) is 0 Å². The van der Waals surface area contributed by atoms with E-state index in [4.69, 9.17) is 12.2 Å². The van der Waals surface area contributed by atoms with Crippen molar-refractivity contribution in [3.8, 4) is 11.3 Å². The van der Waals surface area contributed by atoms with Crippen LogP contribution >= 0.6 is 39.5 Å². The second kappa shape index (κ2) is 5.41. The summed E-state index contributed by atoms with van der Waals surface area (Å²) >= 11 is 9.92. The molecular formula is C15H10BrNS2. The van der Waals surface area contributed by atoms with Crippen LogP contribution in [0.5, 0.6) is 0 Å². The van der Waals surface area contributed by atoms with E-state index >= 15 is 0 Å². The summed E-state index contributed by atoms with van der Waals surface area (Å²) in [5.74, 6) is 0. The van der Waals surface area contributed by atoms with Crippen molar-refractivity contribution in [2.24, 2.45) is 0 Å². The van der Waals surface area contributed by atoms with E-state index in [0.717, 1.165) is 9.65 Å². The number of hydrogen-bond donors (Lipinski definition) is 1. The number of rotatable bonds is 1. The number of thiazole rings is 1. The number of benzene rings is 2. The fraction of sp³-hybridized carbons (Fsp3) is 0. The molecule has 0 unspecified atom stereocenters. The third kappa shape index (κ3) is 2.71. The molecule has 2 aliphatic rings. The fourth-order valence-electron chi connectivity index (χ4n) is 1.78. The molecule has 4 rings (SSSR count). The Bertz CT molecular complexity index is 850. The highest BCUT2D eigenvalue weighted by atomic mass is 79.9. The Labute approximate surface area is 128 Å². The van der Waals surface area contributed by atoms with Crippen LogP contribution in [-0.2, 0) is 0 Å². The van der Waals surface area contributed by atoms with E-state index in [2.05, 4.69) is 51.2 Å². The van der Waals surface area contributed by atoms with Crippen LogP contribution in [0.2, 0.25) is 0 Å². The number of nitrogens with one attached hydrogen (secondary N) is 1. The van der Waals surface area contributed by atoms with Gasteiger partial charge in [0.05, 0.1) is 5.69 Å². The Hall–Kier alpha value is -1.23. The molecule has 1 heterocycles. The summed E-state index contributed by atoms with van der Waals surface area (Å²) in [4.78, 5) is 3.13. The maximum Gasteiger partial charge on any atom is 0.158 e. The SMILES string of the molecule is Brc1cc2ccc1=2.S=c1[nH]c(-c2ccccc2)cs1. The third-order valence-corrected chi connectivity index (χ3v) is 4.60. The minimum atomic E-state index is 0.828. The van der Waals surface area contributed by atoms with E-state index in [1.807, 2.05) is 23.6 Å². The summed E-state index contributed by atoms with van der Waals surface area (Å²) in [5.41, 5.74) is 2.29. The molecule has 0 aliphatic heterocycles. The molecule has 1 aromatic carbocycles. The van der Waals surface area contributed by atoms with E-state index in [9.17, 15) is 0 Å². The first-order chi connectivity index (χ1) is 9.24. The van der Waals surface area contributed by atoms with Crippen LogP contribution in [0.3, 0.4) is 0 Å². The van der Waals surface area contributed by atoms with Crippen molar-refractivity contribution in [3.05, 3.63) is 72.8 Å². The molecule has 1 N–H and O–H groups in total. The van der Waals surface area contributed by atoms with Crippen molar-refractivity contribution in [1.82, 2.24) is 4.98 Å². The van der Waals surface area contributed by atoms with Gasteiger partial charge in [0.15, 0.2) is 3.95 Å². The van der Waals surface area contributed by atoms with Gasteiger partial charge in [-0.25, -0.2) is 0 Å². The molecule has 0 radical (unpaired) electrons. The molecule has 0 saturated heterocycles. The predicted octanol–water partition coefficient (Wildman–Crippen LogP) is 5.52. The monoisotopic (exact) mass is 347 g/mol. The second-order valence-corrected chi connectivity index (χ2v) is 6.52. The molecule has 4 heteroatoms. The fourth-order valence-corrected chi connectivity index (χ4v) is 3.23. The van der Waals surface area contributed by atoms with Crippen molar-refractivity contribution in [3.63, 3.8) is 0 Å². The average Bonchev–Trinajstić information content (AvgIpc) is 2.84. The molecule has 0 amide bonds. The lowest BCUT2D eigenvalue weighted by molar-refractivity contribution is 1.34. The van der Waals surface area contributed by atoms with E-state index in [-0.39, 0.29) is 0 Å². The van der Waals surface area contributed by atoms with Gasteiger partial charge in [-0.05, 0) is 34.3 Å². The zero-order chi connectivity index (χ0) is 13.2. The number of aromatic amines is 1. The van der Waals surface area contributed by atoms with Gasteiger partial charge in [-0.3, -0.25) is 0 Å². The van der Waals surface area contributed by atoms with Crippen LogP contribution in [0, 0.1) is 14.4 Å². The lowest BCUT2D eigenvalue weighted by atomic mass is 10.1. The molecule has 19 heavy (non-hydrogen) atoms. The summed E-state index contributed by atoms with van der Waals surface area (Å²) in [6.07, 6.45) is 0. The zero-order valence-electron chi connectivity index (χ0n) is 9.89. The summed E-state index contributed by atoms with van der Waals surface area (Å²) in [6, 6.07) is 16.5. The molecule has 94 valence electrons. The minimum absolute atomic E-state index is 0.828. The van der Waals surface area contributed by atoms with E-state index < -0.39 is 0 Å². The Morgan fingerprint density at radius 2 is 1.84 bits per heavy atom. The lowest BCUT2D eigenvalue weighted by Gasteiger charge is -2.02. The van der Waals surface area contributed by atoms with Crippen LogP contribution < -0.4 is 0 Å². The van der Waals surface area contributed by atoms with Gasteiger partial charge in [-0.2, -0.15) is 0 Å². The molecule has 0 saturated carbocycles. The quantitative estimate of drug-likeness (QED) is 0.448. The molecule has 0 spiro atoms. The van der Waals surface area contributed by atoms with Crippen molar-refractivity contribution in [2.45, 2.75) is 0 Å². The van der Waals surface area contributed by atoms with Crippen molar-refractivity contribution in [2.75, 3.05) is 0 Å². The van der Waals surface area contributed by atoms with Gasteiger partial charge in [-0.15, -0.1) is 11.3 Å². The number of H-pyrrole nitrogens is 1. The third-order valence-electron chi connectivity index (χ3n) is 2.89. The summed E-state index contributed by atoms with van der Waals surface area (Å²) in [6.45, 7) is 0. The van der Waals surface area contributed by atoms with Gasteiger partial charge < -0.3 is 4.98 Å². The molecule has 0 atom stereocenters. The topological polar surface area (TPSA) is 15.8 Å². The van der Waals surface area contributed by atoms with Crippen LogP contribution in [0.1, 0.15) is 0 Å². The Kier molecular flexibility index (Phi) is 3.64. The van der Waals surface area contributed by atoms with Gasteiger partial charge in [0.1, 0.15) is 0 Å². The second-order valence-electron chi connectivity index (χ2n) is 4.12. The molecule has 0 bridgehead atoms. The predicted molar refractivity (Wildman–Crippen MR) is 86.8 cm³/mol. The maximum atomic E-state index is 5.00. The number of hydrogen-bond acceptors (Lipinski definition) is 2. The highest BCUT2D eigenvalue weighted by Gasteiger charge is 1.99. The number of halogens is 1. The first-order valence-corrected chi connectivity index (χ1v) is 7.85. The van der Waals surface area contributed by atoms with Gasteiger partial charge in [0.2, 0.25) is 0 Å². The Morgan fingerprint density at radius 1 is 1.05 bits per heavy atom. The highest BCUT2D eigenvalue weighted by Crippen LogP contribution is 2.21. The largest absolute Gasteiger partial charge is 0.337 e. The smallest absolute Gasteiger partial charge is 0.158 e. The van der Waals surface area contributed by atoms with Crippen molar-refractivity contribution < 1.29 is 0 Å². The molecule has 1 nitrogen and oxygen atoms in total. The molecule has 2 aromatic rings. The van der Waals surface area contributed by atoms with Crippen LogP contribution in [0.25, 0.3) is 11.3 Å². The van der Waals surface area contributed by atoms with E-state index in [0.29, 0.717) is 0 Å². The summed E-state index contributed by atoms with van der Waals surface area (Å²) < 4.78 is 2.08.